The molecule has 0 saturated heterocycles. The van der Waals surface area contributed by atoms with Gasteiger partial charge in [0.2, 0.25) is 0 Å². The van der Waals surface area contributed by atoms with Crippen LogP contribution in [0.5, 0.6) is 0 Å². The van der Waals surface area contributed by atoms with E-state index in [9.17, 15) is 0 Å². The van der Waals surface area contributed by atoms with Gasteiger partial charge in [-0.25, -0.2) is 0 Å². The van der Waals surface area contributed by atoms with E-state index in [2.05, 4.69) is 5.10 Å². The van der Waals surface area contributed by atoms with Crippen LogP contribution in [-0.2, 0) is 13.5 Å². The first-order valence-corrected chi connectivity index (χ1v) is 4.05. The Morgan fingerprint density at radius 2 is 2.50 bits per heavy atom. The minimum atomic E-state index is 0.141. The van der Waals surface area contributed by atoms with Crippen LogP contribution in [0.15, 0.2) is 12.3 Å². The summed E-state index contributed by atoms with van der Waals surface area (Å²) in [6.07, 6.45) is 2.55. The van der Waals surface area contributed by atoms with Gasteiger partial charge in [0.05, 0.1) is 0 Å². The summed E-state index contributed by atoms with van der Waals surface area (Å²) in [5.41, 5.74) is 6.57. The summed E-state index contributed by atoms with van der Waals surface area (Å²) in [5, 5.41) is 12.9. The third kappa shape index (κ3) is 2.06. The highest BCUT2D eigenvalue weighted by atomic mass is 16.3. The first kappa shape index (κ1) is 9.22. The fraction of sp³-hybridized carbons (Fsp3) is 0.625. The second kappa shape index (κ2) is 4.23. The molecule has 3 N–H and O–H groups in total. The highest BCUT2D eigenvalue weighted by Gasteiger charge is 2.08. The van der Waals surface area contributed by atoms with E-state index in [1.165, 1.54) is 0 Å². The number of aliphatic hydroxyl groups is 1. The molecule has 0 spiro atoms. The summed E-state index contributed by atoms with van der Waals surface area (Å²) >= 11 is 0. The lowest BCUT2D eigenvalue weighted by atomic mass is 10.1. The minimum Gasteiger partial charge on any atom is -0.396 e. The van der Waals surface area contributed by atoms with Crippen molar-refractivity contribution in [3.8, 4) is 0 Å². The van der Waals surface area contributed by atoms with Crippen molar-refractivity contribution >= 4 is 0 Å². The van der Waals surface area contributed by atoms with Crippen molar-refractivity contribution in [1.82, 2.24) is 9.78 Å². The first-order valence-electron chi connectivity index (χ1n) is 4.05. The van der Waals surface area contributed by atoms with Gasteiger partial charge in [0.1, 0.15) is 0 Å². The second-order valence-corrected chi connectivity index (χ2v) is 2.93. The van der Waals surface area contributed by atoms with Crippen molar-refractivity contribution < 1.29 is 5.11 Å². The van der Waals surface area contributed by atoms with Crippen LogP contribution in [0.4, 0.5) is 0 Å². The smallest absolute Gasteiger partial charge is 0.0492 e. The Labute approximate surface area is 72.0 Å². The summed E-state index contributed by atoms with van der Waals surface area (Å²) < 4.78 is 1.80. The van der Waals surface area contributed by atoms with Crippen molar-refractivity contribution in [3.63, 3.8) is 0 Å². The highest BCUT2D eigenvalue weighted by molar-refractivity contribution is 5.01. The van der Waals surface area contributed by atoms with Crippen molar-refractivity contribution in [3.05, 3.63) is 18.0 Å². The molecule has 1 heterocycles. The number of aromatic nitrogens is 2. The molecule has 0 aliphatic heterocycles. The number of nitrogens with zero attached hydrogens (tertiary/aromatic N) is 2. The Balaban J connectivity index is 2.56. The second-order valence-electron chi connectivity index (χ2n) is 2.93. The van der Waals surface area contributed by atoms with Crippen molar-refractivity contribution in [2.24, 2.45) is 18.7 Å². The van der Waals surface area contributed by atoms with Gasteiger partial charge >= 0.3 is 0 Å². The summed E-state index contributed by atoms with van der Waals surface area (Å²) in [6.45, 7) is 0.656. The normalized spacial score (nSPS) is 13.2. The SMILES string of the molecule is Cn1nccc1CC(CN)CO. The summed E-state index contributed by atoms with van der Waals surface area (Å²) in [4.78, 5) is 0. The van der Waals surface area contributed by atoms with Gasteiger partial charge < -0.3 is 10.8 Å². The van der Waals surface area contributed by atoms with E-state index in [1.54, 1.807) is 10.9 Å². The van der Waals surface area contributed by atoms with E-state index < -0.39 is 0 Å². The molecular formula is C8H15N3O. The van der Waals surface area contributed by atoms with E-state index in [0.29, 0.717) is 6.54 Å². The molecule has 0 aliphatic carbocycles. The highest BCUT2D eigenvalue weighted by Crippen LogP contribution is 2.05. The molecular weight excluding hydrogens is 154 g/mol. The van der Waals surface area contributed by atoms with Gasteiger partial charge in [0.15, 0.2) is 0 Å². The van der Waals surface area contributed by atoms with Gasteiger partial charge in [-0.3, -0.25) is 4.68 Å². The van der Waals surface area contributed by atoms with E-state index in [4.69, 9.17) is 10.8 Å². The number of nitrogens with two attached hydrogens (primary N) is 1. The zero-order valence-corrected chi connectivity index (χ0v) is 7.27. The molecule has 68 valence electrons. The zero-order valence-electron chi connectivity index (χ0n) is 7.27. The fourth-order valence-corrected chi connectivity index (χ4v) is 1.12. The lowest BCUT2D eigenvalue weighted by molar-refractivity contribution is 0.228. The Hall–Kier alpha value is -0.870. The fourth-order valence-electron chi connectivity index (χ4n) is 1.12. The van der Waals surface area contributed by atoms with Crippen molar-refractivity contribution in [1.29, 1.82) is 0 Å². The predicted octanol–water partition coefficient (Wildman–Crippen LogP) is -0.470. The van der Waals surface area contributed by atoms with Gasteiger partial charge in [-0.05, 0) is 24.9 Å². The quantitative estimate of drug-likeness (QED) is 0.640. The monoisotopic (exact) mass is 169 g/mol. The summed E-state index contributed by atoms with van der Waals surface area (Å²) in [5.74, 6) is 0.153. The van der Waals surface area contributed by atoms with Crippen molar-refractivity contribution in [2.75, 3.05) is 13.2 Å². The Morgan fingerprint density at radius 1 is 1.75 bits per heavy atom. The third-order valence-electron chi connectivity index (χ3n) is 2.01. The van der Waals surface area contributed by atoms with Crippen LogP contribution in [0.1, 0.15) is 5.69 Å². The lowest BCUT2D eigenvalue weighted by Gasteiger charge is -2.10. The van der Waals surface area contributed by atoms with Crippen LogP contribution in [0.3, 0.4) is 0 Å². The molecule has 0 aromatic carbocycles. The van der Waals surface area contributed by atoms with Gasteiger partial charge in [-0.2, -0.15) is 5.10 Å². The molecule has 0 radical (unpaired) electrons. The third-order valence-corrected chi connectivity index (χ3v) is 2.01. The van der Waals surface area contributed by atoms with Crippen LogP contribution in [-0.4, -0.2) is 28.0 Å². The molecule has 0 bridgehead atoms. The molecule has 0 fully saturated rings. The summed E-state index contributed by atoms with van der Waals surface area (Å²) in [7, 11) is 1.89. The van der Waals surface area contributed by atoms with Crippen molar-refractivity contribution in [2.45, 2.75) is 6.42 Å². The molecule has 1 atom stereocenters. The number of aliphatic hydroxyl groups excluding tert-OH is 1. The number of rotatable bonds is 4. The zero-order chi connectivity index (χ0) is 8.97. The van der Waals surface area contributed by atoms with E-state index >= 15 is 0 Å². The molecule has 0 amide bonds. The average Bonchev–Trinajstić information content (AvgIpc) is 2.47. The van der Waals surface area contributed by atoms with Gasteiger partial charge in [0.25, 0.3) is 0 Å². The summed E-state index contributed by atoms with van der Waals surface area (Å²) in [6, 6.07) is 1.94. The molecule has 0 saturated carbocycles. The lowest BCUT2D eigenvalue weighted by Crippen LogP contribution is -2.21. The van der Waals surface area contributed by atoms with Crippen LogP contribution >= 0.6 is 0 Å². The minimum absolute atomic E-state index is 0.141. The maximum absolute atomic E-state index is 8.91. The van der Waals surface area contributed by atoms with Crippen LogP contribution in [0.2, 0.25) is 0 Å². The molecule has 1 aromatic heterocycles. The molecule has 1 rings (SSSR count). The maximum atomic E-state index is 8.91. The Morgan fingerprint density at radius 3 is 2.92 bits per heavy atom. The molecule has 0 aliphatic rings. The van der Waals surface area contributed by atoms with Gasteiger partial charge in [0, 0.05) is 25.5 Å². The average molecular weight is 169 g/mol. The topological polar surface area (TPSA) is 64.1 Å². The predicted molar refractivity (Wildman–Crippen MR) is 46.5 cm³/mol. The standard InChI is InChI=1S/C8H15N3O/c1-11-8(2-3-10-11)4-7(5-9)6-12/h2-3,7,12H,4-6,9H2,1H3. The van der Waals surface area contributed by atoms with Gasteiger partial charge in [-0.15, -0.1) is 0 Å². The Kier molecular flexibility index (Phi) is 3.25. The number of hydrogen-bond donors (Lipinski definition) is 2. The van der Waals surface area contributed by atoms with E-state index in [1.807, 2.05) is 13.1 Å². The van der Waals surface area contributed by atoms with Gasteiger partial charge in [-0.1, -0.05) is 0 Å². The maximum Gasteiger partial charge on any atom is 0.0492 e. The molecule has 1 unspecified atom stereocenters. The molecule has 12 heavy (non-hydrogen) atoms. The first-order chi connectivity index (χ1) is 5.77. The molecule has 4 heteroatoms. The van der Waals surface area contributed by atoms with Crippen LogP contribution in [0.25, 0.3) is 0 Å². The number of aryl methyl sites for hydroxylation is 1. The number of hydrogen-bond acceptors (Lipinski definition) is 3. The largest absolute Gasteiger partial charge is 0.396 e. The molecule has 4 nitrogen and oxygen atoms in total. The van der Waals surface area contributed by atoms with Crippen LogP contribution in [0, 0.1) is 5.92 Å². The Bertz CT molecular complexity index is 230. The van der Waals surface area contributed by atoms with E-state index in [0.717, 1.165) is 12.1 Å². The molecule has 1 aromatic rings. The van der Waals surface area contributed by atoms with E-state index in [-0.39, 0.29) is 12.5 Å². The van der Waals surface area contributed by atoms with Crippen LogP contribution < -0.4 is 5.73 Å².